The van der Waals surface area contributed by atoms with Crippen molar-refractivity contribution in [3.63, 3.8) is 0 Å². The number of hydrogen-bond donors (Lipinski definition) is 2. The molecule has 3 rings (SSSR count). The lowest BCUT2D eigenvalue weighted by Crippen LogP contribution is -2.24. The highest BCUT2D eigenvalue weighted by molar-refractivity contribution is 8.00. The Hall–Kier alpha value is -3.05. The molecule has 30 heavy (non-hydrogen) atoms. The molecule has 0 fully saturated rings. The predicted octanol–water partition coefficient (Wildman–Crippen LogP) is 6.07. The predicted molar refractivity (Wildman–Crippen MR) is 125 cm³/mol. The van der Waals surface area contributed by atoms with Crippen LogP contribution in [-0.2, 0) is 4.79 Å². The van der Waals surface area contributed by atoms with E-state index in [1.54, 1.807) is 6.07 Å². The number of thioether (sulfide) groups is 1. The molecule has 0 radical (unpaired) electrons. The van der Waals surface area contributed by atoms with Crippen LogP contribution in [0.4, 0.5) is 11.4 Å². The monoisotopic (exact) mass is 418 g/mol. The van der Waals surface area contributed by atoms with Crippen LogP contribution in [0.25, 0.3) is 0 Å². The summed E-state index contributed by atoms with van der Waals surface area (Å²) in [6.45, 7) is 5.97. The van der Waals surface area contributed by atoms with E-state index >= 15 is 0 Å². The molecule has 2 N–H and O–H groups in total. The zero-order valence-corrected chi connectivity index (χ0v) is 18.3. The van der Waals surface area contributed by atoms with Crippen molar-refractivity contribution in [2.75, 3.05) is 10.6 Å². The van der Waals surface area contributed by atoms with E-state index in [1.807, 2.05) is 87.5 Å². The molecule has 1 atom stereocenters. The first-order chi connectivity index (χ1) is 14.4. The van der Waals surface area contributed by atoms with Crippen LogP contribution >= 0.6 is 11.8 Å². The molecular formula is C25H26N2O2S. The number of benzene rings is 3. The molecular weight excluding hydrogens is 392 g/mol. The molecule has 1 unspecified atom stereocenters. The number of rotatable bonds is 7. The quantitative estimate of drug-likeness (QED) is 0.458. The third kappa shape index (κ3) is 5.97. The van der Waals surface area contributed by atoms with Gasteiger partial charge in [-0.15, -0.1) is 11.8 Å². The highest BCUT2D eigenvalue weighted by Gasteiger charge is 2.18. The number of amides is 2. The van der Waals surface area contributed by atoms with Gasteiger partial charge in [-0.3, -0.25) is 9.59 Å². The molecule has 5 heteroatoms. The number of nitrogens with one attached hydrogen (secondary N) is 2. The summed E-state index contributed by atoms with van der Waals surface area (Å²) in [7, 11) is 0. The van der Waals surface area contributed by atoms with Gasteiger partial charge in [0.1, 0.15) is 0 Å². The fourth-order valence-corrected chi connectivity index (χ4v) is 4.00. The Bertz CT molecular complexity index is 1030. The minimum Gasteiger partial charge on any atom is -0.325 e. The minimum absolute atomic E-state index is 0.0273. The number of hydrogen-bond acceptors (Lipinski definition) is 3. The highest BCUT2D eigenvalue weighted by Crippen LogP contribution is 2.29. The lowest BCUT2D eigenvalue weighted by Gasteiger charge is -2.15. The van der Waals surface area contributed by atoms with Gasteiger partial charge in [0.05, 0.1) is 5.25 Å². The number of aryl methyl sites for hydroxylation is 2. The molecule has 0 saturated heterocycles. The van der Waals surface area contributed by atoms with Gasteiger partial charge in [-0.1, -0.05) is 48.4 Å². The standard InChI is InChI=1S/C25H26N2O2S/c1-4-23(25(29)26-20-13-11-17(2)12-14-20)30-22-10-6-9-21(16-22)27-24(28)19-8-5-7-18(3)15-19/h5-16,23H,4H2,1-3H3,(H,26,29)(H,27,28). The van der Waals surface area contributed by atoms with E-state index in [1.165, 1.54) is 11.8 Å². The number of anilines is 2. The molecule has 0 aromatic heterocycles. The lowest BCUT2D eigenvalue weighted by atomic mass is 10.1. The molecule has 0 heterocycles. The second kappa shape index (κ2) is 10.1. The van der Waals surface area contributed by atoms with Gasteiger partial charge in [0.15, 0.2) is 0 Å². The van der Waals surface area contributed by atoms with Crippen LogP contribution in [0.5, 0.6) is 0 Å². The van der Waals surface area contributed by atoms with Gasteiger partial charge < -0.3 is 10.6 Å². The third-order valence-electron chi connectivity index (χ3n) is 4.63. The Morgan fingerprint density at radius 3 is 2.27 bits per heavy atom. The Morgan fingerprint density at radius 1 is 0.833 bits per heavy atom. The Balaban J connectivity index is 1.66. The van der Waals surface area contributed by atoms with Crippen LogP contribution in [0, 0.1) is 13.8 Å². The topological polar surface area (TPSA) is 58.2 Å². The molecule has 0 bridgehead atoms. The summed E-state index contributed by atoms with van der Waals surface area (Å²) >= 11 is 1.50. The molecule has 0 aliphatic rings. The summed E-state index contributed by atoms with van der Waals surface area (Å²) in [5.74, 6) is -0.175. The van der Waals surface area contributed by atoms with Gasteiger partial charge >= 0.3 is 0 Å². The molecule has 0 spiro atoms. The molecule has 3 aromatic rings. The smallest absolute Gasteiger partial charge is 0.255 e. The van der Waals surface area contributed by atoms with Gasteiger partial charge in [-0.05, 0) is 62.7 Å². The van der Waals surface area contributed by atoms with Gasteiger partial charge in [0, 0.05) is 21.8 Å². The van der Waals surface area contributed by atoms with Crippen molar-refractivity contribution in [3.8, 4) is 0 Å². The van der Waals surface area contributed by atoms with Crippen LogP contribution < -0.4 is 10.6 Å². The fraction of sp³-hybridized carbons (Fsp3) is 0.200. The highest BCUT2D eigenvalue weighted by atomic mass is 32.2. The summed E-state index contributed by atoms with van der Waals surface area (Å²) in [6, 6.07) is 22.8. The molecule has 0 aliphatic carbocycles. The summed E-state index contributed by atoms with van der Waals surface area (Å²) in [6.07, 6.45) is 0.697. The van der Waals surface area contributed by atoms with E-state index in [0.29, 0.717) is 17.7 Å². The summed E-state index contributed by atoms with van der Waals surface area (Å²) in [5, 5.41) is 5.70. The maximum atomic E-state index is 12.7. The summed E-state index contributed by atoms with van der Waals surface area (Å²) in [4.78, 5) is 26.2. The average Bonchev–Trinajstić information content (AvgIpc) is 2.74. The van der Waals surface area contributed by atoms with E-state index in [-0.39, 0.29) is 17.1 Å². The Kier molecular flexibility index (Phi) is 7.31. The average molecular weight is 419 g/mol. The van der Waals surface area contributed by atoms with Crippen LogP contribution in [0.3, 0.4) is 0 Å². The Morgan fingerprint density at radius 2 is 1.57 bits per heavy atom. The van der Waals surface area contributed by atoms with Crippen molar-refractivity contribution in [3.05, 3.63) is 89.5 Å². The van der Waals surface area contributed by atoms with E-state index in [0.717, 1.165) is 21.7 Å². The van der Waals surface area contributed by atoms with Gasteiger partial charge in [0.25, 0.3) is 5.91 Å². The second-order valence-electron chi connectivity index (χ2n) is 7.22. The third-order valence-corrected chi connectivity index (χ3v) is 5.99. The normalized spacial score (nSPS) is 11.6. The number of carbonyl (C=O) groups is 2. The molecule has 4 nitrogen and oxygen atoms in total. The van der Waals surface area contributed by atoms with Crippen molar-refractivity contribution in [2.45, 2.75) is 37.3 Å². The molecule has 3 aromatic carbocycles. The fourth-order valence-electron chi connectivity index (χ4n) is 2.98. The maximum Gasteiger partial charge on any atom is 0.255 e. The lowest BCUT2D eigenvalue weighted by molar-refractivity contribution is -0.115. The minimum atomic E-state index is -0.228. The summed E-state index contributed by atoms with van der Waals surface area (Å²) < 4.78 is 0. The van der Waals surface area contributed by atoms with Crippen LogP contribution in [0.15, 0.2) is 77.7 Å². The van der Waals surface area contributed by atoms with Crippen molar-refractivity contribution < 1.29 is 9.59 Å². The summed E-state index contributed by atoms with van der Waals surface area (Å²) in [5.41, 5.74) is 4.32. The van der Waals surface area contributed by atoms with Gasteiger partial charge in [0.2, 0.25) is 5.91 Å². The van der Waals surface area contributed by atoms with Crippen LogP contribution in [0.2, 0.25) is 0 Å². The van der Waals surface area contributed by atoms with Gasteiger partial charge in [-0.25, -0.2) is 0 Å². The molecule has 2 amide bonds. The van der Waals surface area contributed by atoms with Crippen molar-refractivity contribution in [2.24, 2.45) is 0 Å². The molecule has 154 valence electrons. The molecule has 0 saturated carbocycles. The van der Waals surface area contributed by atoms with E-state index in [9.17, 15) is 9.59 Å². The largest absolute Gasteiger partial charge is 0.325 e. The zero-order chi connectivity index (χ0) is 21.5. The van der Waals surface area contributed by atoms with E-state index < -0.39 is 0 Å². The number of carbonyl (C=O) groups excluding carboxylic acids is 2. The SMILES string of the molecule is CCC(Sc1cccc(NC(=O)c2cccc(C)c2)c1)C(=O)Nc1ccc(C)cc1. The first-order valence-electron chi connectivity index (χ1n) is 9.97. The maximum absolute atomic E-state index is 12.7. The first kappa shape index (κ1) is 21.7. The van der Waals surface area contributed by atoms with Crippen molar-refractivity contribution in [1.29, 1.82) is 0 Å². The zero-order valence-electron chi connectivity index (χ0n) is 17.4. The van der Waals surface area contributed by atoms with Crippen LogP contribution in [0.1, 0.15) is 34.8 Å². The van der Waals surface area contributed by atoms with E-state index in [4.69, 9.17) is 0 Å². The van der Waals surface area contributed by atoms with Gasteiger partial charge in [-0.2, -0.15) is 0 Å². The Labute approximate surface area is 182 Å². The molecule has 0 aliphatic heterocycles. The van der Waals surface area contributed by atoms with Crippen molar-refractivity contribution >= 4 is 35.0 Å². The van der Waals surface area contributed by atoms with Crippen LogP contribution in [-0.4, -0.2) is 17.1 Å². The van der Waals surface area contributed by atoms with E-state index in [2.05, 4.69) is 10.6 Å². The second-order valence-corrected chi connectivity index (χ2v) is 8.50. The first-order valence-corrected chi connectivity index (χ1v) is 10.8. The van der Waals surface area contributed by atoms with Crippen molar-refractivity contribution in [1.82, 2.24) is 0 Å².